The largest absolute Gasteiger partial charge is 0.465 e. The van der Waals surface area contributed by atoms with E-state index < -0.39 is 29.4 Å². The molecule has 0 unspecified atom stereocenters. The predicted octanol–water partition coefficient (Wildman–Crippen LogP) is 2.74. The molecule has 2 aromatic rings. The van der Waals surface area contributed by atoms with Crippen molar-refractivity contribution >= 4 is 29.2 Å². The quantitative estimate of drug-likeness (QED) is 0.830. The zero-order valence-corrected chi connectivity index (χ0v) is 14.1. The first-order chi connectivity index (χ1) is 12.3. The van der Waals surface area contributed by atoms with Gasteiger partial charge in [-0.25, -0.2) is 13.6 Å². The molecule has 0 atom stereocenters. The highest BCUT2D eigenvalue weighted by Crippen LogP contribution is 2.18. The molecule has 2 amide bonds. The van der Waals surface area contributed by atoms with Crippen LogP contribution in [0, 0.1) is 11.6 Å². The average molecular weight is 362 g/mol. The van der Waals surface area contributed by atoms with Gasteiger partial charge in [0.2, 0.25) is 11.8 Å². The van der Waals surface area contributed by atoms with Gasteiger partial charge in [-0.05, 0) is 36.4 Å². The van der Waals surface area contributed by atoms with E-state index in [1.165, 1.54) is 38.3 Å². The summed E-state index contributed by atoms with van der Waals surface area (Å²) in [4.78, 5) is 36.6. The molecule has 0 spiro atoms. The standard InChI is InChI=1S/C18H16F2N2O4/c1-11(23)22(14-6-3-12(4-7-14)18(25)26-2)10-17(24)21-16-8-5-13(19)9-15(16)20/h3-9H,10H2,1-2H3,(H,21,24). The van der Waals surface area contributed by atoms with Crippen molar-refractivity contribution in [3.05, 3.63) is 59.7 Å². The van der Waals surface area contributed by atoms with E-state index in [2.05, 4.69) is 10.1 Å². The molecule has 0 bridgehead atoms. The minimum absolute atomic E-state index is 0.194. The van der Waals surface area contributed by atoms with E-state index >= 15 is 0 Å². The van der Waals surface area contributed by atoms with Crippen LogP contribution in [0.25, 0.3) is 0 Å². The number of nitrogens with one attached hydrogen (secondary N) is 1. The fourth-order valence-corrected chi connectivity index (χ4v) is 2.20. The Morgan fingerprint density at radius 3 is 2.27 bits per heavy atom. The molecule has 0 aliphatic rings. The van der Waals surface area contributed by atoms with Gasteiger partial charge in [-0.1, -0.05) is 0 Å². The van der Waals surface area contributed by atoms with E-state index in [4.69, 9.17) is 0 Å². The van der Waals surface area contributed by atoms with Gasteiger partial charge in [0.05, 0.1) is 18.4 Å². The highest BCUT2D eigenvalue weighted by atomic mass is 19.1. The van der Waals surface area contributed by atoms with Crippen LogP contribution < -0.4 is 10.2 Å². The first-order valence-corrected chi connectivity index (χ1v) is 7.53. The van der Waals surface area contributed by atoms with E-state index in [1.807, 2.05) is 0 Å². The summed E-state index contributed by atoms with van der Waals surface area (Å²) < 4.78 is 31.1. The third-order valence-electron chi connectivity index (χ3n) is 3.49. The zero-order chi connectivity index (χ0) is 19.3. The topological polar surface area (TPSA) is 75.7 Å². The summed E-state index contributed by atoms with van der Waals surface area (Å²) in [5.74, 6) is -3.31. The van der Waals surface area contributed by atoms with Crippen molar-refractivity contribution in [2.75, 3.05) is 23.9 Å². The molecule has 0 radical (unpaired) electrons. The number of ether oxygens (including phenoxy) is 1. The van der Waals surface area contributed by atoms with Gasteiger partial charge < -0.3 is 15.0 Å². The lowest BCUT2D eigenvalue weighted by molar-refractivity contribution is -0.120. The summed E-state index contributed by atoms with van der Waals surface area (Å²) in [6.07, 6.45) is 0. The Bertz CT molecular complexity index is 838. The van der Waals surface area contributed by atoms with Crippen LogP contribution in [-0.2, 0) is 14.3 Å². The highest BCUT2D eigenvalue weighted by Gasteiger charge is 2.17. The molecule has 0 fully saturated rings. The molecule has 26 heavy (non-hydrogen) atoms. The normalized spacial score (nSPS) is 10.2. The Morgan fingerprint density at radius 1 is 1.08 bits per heavy atom. The van der Waals surface area contributed by atoms with Gasteiger partial charge >= 0.3 is 5.97 Å². The van der Waals surface area contributed by atoms with Crippen LogP contribution in [0.2, 0.25) is 0 Å². The summed E-state index contributed by atoms with van der Waals surface area (Å²) in [7, 11) is 1.25. The number of carbonyl (C=O) groups is 3. The Labute approximate surface area is 148 Å². The number of benzene rings is 2. The number of nitrogens with zero attached hydrogens (tertiary/aromatic N) is 1. The van der Waals surface area contributed by atoms with E-state index in [9.17, 15) is 23.2 Å². The Kier molecular flexibility index (Phi) is 6.00. The third-order valence-corrected chi connectivity index (χ3v) is 3.49. The van der Waals surface area contributed by atoms with Crippen molar-refractivity contribution in [2.24, 2.45) is 0 Å². The fraction of sp³-hybridized carbons (Fsp3) is 0.167. The number of rotatable bonds is 5. The van der Waals surface area contributed by atoms with Gasteiger partial charge in [0.15, 0.2) is 0 Å². The first kappa shape index (κ1) is 19.0. The minimum Gasteiger partial charge on any atom is -0.465 e. The molecule has 136 valence electrons. The van der Waals surface area contributed by atoms with Crippen LogP contribution in [0.4, 0.5) is 20.2 Å². The maximum Gasteiger partial charge on any atom is 0.337 e. The summed E-state index contributed by atoms with van der Waals surface area (Å²) in [6, 6.07) is 8.62. The predicted molar refractivity (Wildman–Crippen MR) is 90.8 cm³/mol. The lowest BCUT2D eigenvalue weighted by Crippen LogP contribution is -2.36. The molecule has 0 saturated heterocycles. The summed E-state index contributed by atoms with van der Waals surface area (Å²) in [6.45, 7) is 0.879. The second-order valence-corrected chi connectivity index (χ2v) is 5.32. The molecule has 2 rings (SSSR count). The highest BCUT2D eigenvalue weighted by molar-refractivity contribution is 6.02. The van der Waals surface area contributed by atoms with Crippen LogP contribution >= 0.6 is 0 Å². The molecule has 6 nitrogen and oxygen atoms in total. The monoisotopic (exact) mass is 362 g/mol. The van der Waals surface area contributed by atoms with E-state index in [0.29, 0.717) is 11.8 Å². The van der Waals surface area contributed by atoms with Gasteiger partial charge in [0.1, 0.15) is 18.2 Å². The Morgan fingerprint density at radius 2 is 1.73 bits per heavy atom. The maximum atomic E-state index is 13.6. The van der Waals surface area contributed by atoms with Crippen LogP contribution in [0.5, 0.6) is 0 Å². The van der Waals surface area contributed by atoms with Gasteiger partial charge in [-0.2, -0.15) is 0 Å². The van der Waals surface area contributed by atoms with Crippen molar-refractivity contribution in [3.8, 4) is 0 Å². The minimum atomic E-state index is -0.921. The van der Waals surface area contributed by atoms with Crippen molar-refractivity contribution in [3.63, 3.8) is 0 Å². The third kappa shape index (κ3) is 4.62. The molecule has 0 saturated carbocycles. The molecular formula is C18H16F2N2O4. The van der Waals surface area contributed by atoms with E-state index in [1.54, 1.807) is 0 Å². The summed E-state index contributed by atoms with van der Waals surface area (Å²) in [5, 5.41) is 2.28. The van der Waals surface area contributed by atoms with E-state index in [0.717, 1.165) is 17.0 Å². The molecule has 0 aliphatic carbocycles. The smallest absolute Gasteiger partial charge is 0.337 e. The summed E-state index contributed by atoms with van der Waals surface area (Å²) >= 11 is 0. The number of carbonyl (C=O) groups excluding carboxylic acids is 3. The Hall–Kier alpha value is -3.29. The molecular weight excluding hydrogens is 346 g/mol. The number of esters is 1. The van der Waals surface area contributed by atoms with E-state index in [-0.39, 0.29) is 17.8 Å². The number of halogens is 2. The molecule has 0 aromatic heterocycles. The maximum absolute atomic E-state index is 13.6. The second-order valence-electron chi connectivity index (χ2n) is 5.32. The van der Waals surface area contributed by atoms with Gasteiger partial charge in [-0.15, -0.1) is 0 Å². The fourth-order valence-electron chi connectivity index (χ4n) is 2.20. The number of anilines is 2. The van der Waals surface area contributed by atoms with Crippen LogP contribution in [0.15, 0.2) is 42.5 Å². The average Bonchev–Trinajstić information content (AvgIpc) is 2.61. The van der Waals surface area contributed by atoms with Crippen LogP contribution in [0.1, 0.15) is 17.3 Å². The Balaban J connectivity index is 2.13. The SMILES string of the molecule is COC(=O)c1ccc(N(CC(=O)Nc2ccc(F)cc2F)C(C)=O)cc1. The van der Waals surface area contributed by atoms with Crippen molar-refractivity contribution in [1.29, 1.82) is 0 Å². The van der Waals surface area contributed by atoms with Gasteiger partial charge in [0, 0.05) is 18.7 Å². The lowest BCUT2D eigenvalue weighted by atomic mass is 10.2. The number of hydrogen-bond donors (Lipinski definition) is 1. The van der Waals surface area contributed by atoms with Gasteiger partial charge in [-0.3, -0.25) is 9.59 Å². The zero-order valence-electron chi connectivity index (χ0n) is 14.1. The second kappa shape index (κ2) is 8.19. The molecule has 1 N–H and O–H groups in total. The first-order valence-electron chi connectivity index (χ1n) is 7.53. The van der Waals surface area contributed by atoms with Crippen LogP contribution in [0.3, 0.4) is 0 Å². The number of methoxy groups -OCH3 is 1. The van der Waals surface area contributed by atoms with Crippen LogP contribution in [-0.4, -0.2) is 31.4 Å². The molecule has 0 heterocycles. The molecule has 2 aromatic carbocycles. The molecule has 0 aliphatic heterocycles. The lowest BCUT2D eigenvalue weighted by Gasteiger charge is -2.21. The molecule has 8 heteroatoms. The van der Waals surface area contributed by atoms with Crippen molar-refractivity contribution < 1.29 is 27.9 Å². The van der Waals surface area contributed by atoms with Gasteiger partial charge in [0.25, 0.3) is 0 Å². The summed E-state index contributed by atoms with van der Waals surface area (Å²) in [5.41, 5.74) is 0.471. The van der Waals surface area contributed by atoms with Crippen molar-refractivity contribution in [1.82, 2.24) is 0 Å². The number of hydrogen-bond acceptors (Lipinski definition) is 4. The number of amides is 2. The van der Waals surface area contributed by atoms with Crippen molar-refractivity contribution in [2.45, 2.75) is 6.92 Å².